The van der Waals surface area contributed by atoms with Crippen molar-refractivity contribution in [1.82, 2.24) is 19.9 Å². The van der Waals surface area contributed by atoms with Crippen molar-refractivity contribution >= 4 is 16.9 Å². The van der Waals surface area contributed by atoms with Gasteiger partial charge in [0, 0.05) is 38.5 Å². The molecule has 0 bridgehead atoms. The van der Waals surface area contributed by atoms with Crippen LogP contribution in [0, 0.1) is 0 Å². The third-order valence-corrected chi connectivity index (χ3v) is 5.45. The number of aliphatic hydroxyl groups is 1. The second kappa shape index (κ2) is 8.50. The fraction of sp³-hybridized carbons (Fsp3) is 0.429. The summed E-state index contributed by atoms with van der Waals surface area (Å²) in [4.78, 5) is 16.9. The summed E-state index contributed by atoms with van der Waals surface area (Å²) in [7, 11) is 0. The Hall–Kier alpha value is -2.44. The van der Waals surface area contributed by atoms with Gasteiger partial charge in [0.2, 0.25) is 0 Å². The summed E-state index contributed by atoms with van der Waals surface area (Å²) >= 11 is 0. The van der Waals surface area contributed by atoms with Gasteiger partial charge in [0.25, 0.3) is 0 Å². The van der Waals surface area contributed by atoms with Gasteiger partial charge in [0.05, 0.1) is 5.39 Å². The third-order valence-electron chi connectivity index (χ3n) is 5.45. The first-order chi connectivity index (χ1) is 13.3. The average molecular weight is 365 g/mol. The van der Waals surface area contributed by atoms with Gasteiger partial charge in [0.15, 0.2) is 0 Å². The second-order valence-electron chi connectivity index (χ2n) is 7.17. The molecule has 27 heavy (non-hydrogen) atoms. The molecule has 1 atom stereocenters. The minimum atomic E-state index is 0.219. The Bertz CT molecular complexity index is 850. The number of rotatable bonds is 7. The number of hydrogen-bond donors (Lipinski definition) is 2. The van der Waals surface area contributed by atoms with Crippen LogP contribution in [0.15, 0.2) is 48.9 Å². The van der Waals surface area contributed by atoms with Crippen LogP contribution < -0.4 is 4.90 Å². The minimum absolute atomic E-state index is 0.219. The van der Waals surface area contributed by atoms with Crippen LogP contribution in [-0.2, 0) is 6.42 Å². The predicted octanol–water partition coefficient (Wildman–Crippen LogP) is 2.46. The zero-order valence-electron chi connectivity index (χ0n) is 15.6. The topological polar surface area (TPSA) is 68.3 Å². The molecule has 1 fully saturated rings. The fourth-order valence-corrected chi connectivity index (χ4v) is 4.04. The maximum Gasteiger partial charge on any atom is 0.142 e. The largest absolute Gasteiger partial charge is 0.396 e. The molecular weight excluding hydrogens is 338 g/mol. The number of fused-ring (bicyclic) bond motifs is 1. The Balaban J connectivity index is 1.40. The summed E-state index contributed by atoms with van der Waals surface area (Å²) in [5.41, 5.74) is 2.27. The number of hydrogen-bond acceptors (Lipinski definition) is 5. The summed E-state index contributed by atoms with van der Waals surface area (Å²) in [5, 5.41) is 10.6. The molecule has 0 spiro atoms. The second-order valence-corrected chi connectivity index (χ2v) is 7.17. The van der Waals surface area contributed by atoms with E-state index < -0.39 is 0 Å². The van der Waals surface area contributed by atoms with Gasteiger partial charge in [-0.3, -0.25) is 4.90 Å². The first kappa shape index (κ1) is 17.9. The highest BCUT2D eigenvalue weighted by atomic mass is 16.3. The van der Waals surface area contributed by atoms with Gasteiger partial charge in [0.1, 0.15) is 17.8 Å². The molecule has 2 N–H and O–H groups in total. The lowest BCUT2D eigenvalue weighted by atomic mass is 10.1. The quantitative estimate of drug-likeness (QED) is 0.673. The summed E-state index contributed by atoms with van der Waals surface area (Å²) in [6.45, 7) is 4.12. The van der Waals surface area contributed by atoms with Crippen LogP contribution in [0.25, 0.3) is 11.0 Å². The summed E-state index contributed by atoms with van der Waals surface area (Å²) in [6.07, 6.45) is 6.57. The molecule has 0 saturated carbocycles. The van der Waals surface area contributed by atoms with Crippen LogP contribution in [0.2, 0.25) is 0 Å². The lowest BCUT2D eigenvalue weighted by Gasteiger charge is -2.42. The molecule has 2 aromatic heterocycles. The van der Waals surface area contributed by atoms with Gasteiger partial charge in [-0.2, -0.15) is 0 Å². The molecule has 3 aromatic rings. The molecule has 4 rings (SSSR count). The molecule has 1 aromatic carbocycles. The molecule has 1 aliphatic heterocycles. The number of aromatic nitrogens is 3. The van der Waals surface area contributed by atoms with E-state index in [0.29, 0.717) is 6.04 Å². The van der Waals surface area contributed by atoms with E-state index >= 15 is 0 Å². The van der Waals surface area contributed by atoms with E-state index in [4.69, 9.17) is 0 Å². The summed E-state index contributed by atoms with van der Waals surface area (Å²) in [5.74, 6) is 0.994. The van der Waals surface area contributed by atoms with E-state index in [9.17, 15) is 5.11 Å². The van der Waals surface area contributed by atoms with Gasteiger partial charge < -0.3 is 15.0 Å². The number of nitrogens with zero attached hydrogens (tertiary/aromatic N) is 4. The first-order valence-corrected chi connectivity index (χ1v) is 9.77. The molecule has 142 valence electrons. The lowest BCUT2D eigenvalue weighted by Crippen LogP contribution is -2.54. The standard InChI is InChI=1S/C21H27N5O/c27-14-9-18-15-26(21-19-8-10-22-20(19)23-16-24-21)13-12-25(18)11-4-7-17-5-2-1-3-6-17/h1-3,5-6,8,10,16,18,27H,4,7,9,11-15H2,(H,22,23,24)/t18-/m1/s1. The monoisotopic (exact) mass is 365 g/mol. The smallest absolute Gasteiger partial charge is 0.142 e. The average Bonchev–Trinajstić information content (AvgIpc) is 3.19. The molecule has 0 unspecified atom stereocenters. The van der Waals surface area contributed by atoms with Gasteiger partial charge in [-0.15, -0.1) is 0 Å². The van der Waals surface area contributed by atoms with E-state index in [-0.39, 0.29) is 6.61 Å². The zero-order valence-corrected chi connectivity index (χ0v) is 15.6. The lowest BCUT2D eigenvalue weighted by molar-refractivity contribution is 0.141. The van der Waals surface area contributed by atoms with Crippen LogP contribution in [0.3, 0.4) is 0 Å². The van der Waals surface area contributed by atoms with E-state index in [1.807, 2.05) is 12.3 Å². The van der Waals surface area contributed by atoms with Crippen molar-refractivity contribution in [3.8, 4) is 0 Å². The van der Waals surface area contributed by atoms with Crippen LogP contribution in [-0.4, -0.2) is 63.8 Å². The number of piperazine rings is 1. The van der Waals surface area contributed by atoms with Crippen molar-refractivity contribution in [1.29, 1.82) is 0 Å². The first-order valence-electron chi connectivity index (χ1n) is 9.77. The van der Waals surface area contributed by atoms with Gasteiger partial charge in [-0.1, -0.05) is 30.3 Å². The molecule has 6 heteroatoms. The van der Waals surface area contributed by atoms with E-state index in [1.165, 1.54) is 5.56 Å². The molecule has 0 aliphatic carbocycles. The SMILES string of the molecule is OCC[C@@H]1CN(c2ncnc3[nH]ccc23)CCN1CCCc1ccccc1. The number of anilines is 1. The van der Waals surface area contributed by atoms with Crippen LogP contribution in [0.4, 0.5) is 5.82 Å². The van der Waals surface area contributed by atoms with Gasteiger partial charge >= 0.3 is 0 Å². The maximum absolute atomic E-state index is 9.56. The van der Waals surface area contributed by atoms with E-state index in [1.54, 1.807) is 6.33 Å². The number of aryl methyl sites for hydroxylation is 1. The predicted molar refractivity (Wildman–Crippen MR) is 108 cm³/mol. The van der Waals surface area contributed by atoms with Gasteiger partial charge in [-0.25, -0.2) is 9.97 Å². The van der Waals surface area contributed by atoms with Crippen molar-refractivity contribution in [3.05, 3.63) is 54.5 Å². The van der Waals surface area contributed by atoms with Crippen LogP contribution >= 0.6 is 0 Å². The zero-order chi connectivity index (χ0) is 18.5. The van der Waals surface area contributed by atoms with E-state index in [2.05, 4.69) is 55.1 Å². The Kier molecular flexibility index (Phi) is 5.65. The van der Waals surface area contributed by atoms with Crippen molar-refractivity contribution in [2.24, 2.45) is 0 Å². The number of H-pyrrole nitrogens is 1. The summed E-state index contributed by atoms with van der Waals surface area (Å²) < 4.78 is 0. The Morgan fingerprint density at radius 3 is 2.85 bits per heavy atom. The Labute approximate surface area is 159 Å². The van der Waals surface area contributed by atoms with Gasteiger partial charge in [-0.05, 0) is 37.4 Å². The third kappa shape index (κ3) is 4.12. The maximum atomic E-state index is 9.56. The molecule has 0 amide bonds. The van der Waals surface area contributed by atoms with Crippen molar-refractivity contribution in [2.45, 2.75) is 25.3 Å². The molecule has 0 radical (unpaired) electrons. The fourth-order valence-electron chi connectivity index (χ4n) is 4.04. The van der Waals surface area contributed by atoms with E-state index in [0.717, 1.165) is 62.3 Å². The Morgan fingerprint density at radius 1 is 1.11 bits per heavy atom. The van der Waals surface area contributed by atoms with Crippen molar-refractivity contribution in [2.75, 3.05) is 37.7 Å². The highest BCUT2D eigenvalue weighted by Crippen LogP contribution is 2.25. The molecule has 1 aliphatic rings. The van der Waals surface area contributed by atoms with Crippen LogP contribution in [0.5, 0.6) is 0 Å². The minimum Gasteiger partial charge on any atom is -0.396 e. The van der Waals surface area contributed by atoms with Crippen molar-refractivity contribution in [3.63, 3.8) is 0 Å². The van der Waals surface area contributed by atoms with Crippen molar-refractivity contribution < 1.29 is 5.11 Å². The number of aliphatic hydroxyl groups excluding tert-OH is 1. The molecule has 6 nitrogen and oxygen atoms in total. The highest BCUT2D eigenvalue weighted by molar-refractivity contribution is 5.87. The number of nitrogens with one attached hydrogen (secondary N) is 1. The summed E-state index contributed by atoms with van der Waals surface area (Å²) in [6, 6.07) is 13.1. The number of aromatic amines is 1. The van der Waals surface area contributed by atoms with Crippen LogP contribution in [0.1, 0.15) is 18.4 Å². The Morgan fingerprint density at radius 2 is 2.00 bits per heavy atom. The molecule has 3 heterocycles. The molecular formula is C21H27N5O. The number of benzene rings is 1. The highest BCUT2D eigenvalue weighted by Gasteiger charge is 2.28. The normalized spacial score (nSPS) is 18.3. The molecule has 1 saturated heterocycles.